The Morgan fingerprint density at radius 2 is 2.12 bits per heavy atom. The third-order valence-corrected chi connectivity index (χ3v) is 4.07. The summed E-state index contributed by atoms with van der Waals surface area (Å²) in [7, 11) is 0. The highest BCUT2D eigenvalue weighted by molar-refractivity contribution is 7.13. The Bertz CT molecular complexity index is 938. The minimum Gasteiger partial charge on any atom is -0.394 e. The van der Waals surface area contributed by atoms with Crippen molar-refractivity contribution in [3.8, 4) is 10.6 Å². The molecule has 0 radical (unpaired) electrons. The SMILES string of the molecule is Nc1cc(-c2cccs2)nn(CC(=O)Nc2cccc(F)c2)c1=O. The van der Waals surface area contributed by atoms with Gasteiger partial charge in [-0.15, -0.1) is 11.3 Å². The maximum Gasteiger partial charge on any atom is 0.290 e. The fourth-order valence-corrected chi connectivity index (χ4v) is 2.80. The number of anilines is 2. The van der Waals surface area contributed by atoms with Crippen molar-refractivity contribution in [3.63, 3.8) is 0 Å². The number of thiophene rings is 1. The Morgan fingerprint density at radius 1 is 1.29 bits per heavy atom. The minimum absolute atomic E-state index is 0.00644. The molecule has 0 aliphatic heterocycles. The summed E-state index contributed by atoms with van der Waals surface area (Å²) in [6.45, 7) is -0.321. The van der Waals surface area contributed by atoms with Crippen molar-refractivity contribution in [2.45, 2.75) is 6.54 Å². The van der Waals surface area contributed by atoms with Gasteiger partial charge in [0.2, 0.25) is 5.91 Å². The summed E-state index contributed by atoms with van der Waals surface area (Å²) in [6, 6.07) is 10.7. The molecule has 8 heteroatoms. The van der Waals surface area contributed by atoms with E-state index in [1.807, 2.05) is 17.5 Å². The molecule has 0 unspecified atom stereocenters. The number of hydrogen-bond acceptors (Lipinski definition) is 5. The van der Waals surface area contributed by atoms with E-state index in [-0.39, 0.29) is 12.2 Å². The van der Waals surface area contributed by atoms with E-state index in [0.29, 0.717) is 11.4 Å². The van der Waals surface area contributed by atoms with Crippen LogP contribution >= 0.6 is 11.3 Å². The Labute approximate surface area is 140 Å². The largest absolute Gasteiger partial charge is 0.394 e. The Balaban J connectivity index is 1.84. The van der Waals surface area contributed by atoms with Gasteiger partial charge >= 0.3 is 0 Å². The summed E-state index contributed by atoms with van der Waals surface area (Å²) in [5, 5.41) is 8.56. The van der Waals surface area contributed by atoms with Crippen LogP contribution in [0.5, 0.6) is 0 Å². The number of carbonyl (C=O) groups is 1. The predicted molar refractivity (Wildman–Crippen MR) is 91.3 cm³/mol. The molecule has 0 aliphatic rings. The van der Waals surface area contributed by atoms with Crippen molar-refractivity contribution in [2.24, 2.45) is 0 Å². The highest BCUT2D eigenvalue weighted by Gasteiger charge is 2.12. The number of halogens is 1. The lowest BCUT2D eigenvalue weighted by Gasteiger charge is -2.09. The van der Waals surface area contributed by atoms with Crippen LogP contribution in [-0.4, -0.2) is 15.7 Å². The van der Waals surface area contributed by atoms with E-state index in [9.17, 15) is 14.0 Å². The third kappa shape index (κ3) is 3.49. The molecule has 2 aromatic heterocycles. The van der Waals surface area contributed by atoms with Crippen molar-refractivity contribution in [2.75, 3.05) is 11.1 Å². The van der Waals surface area contributed by atoms with Gasteiger partial charge in [-0.3, -0.25) is 9.59 Å². The molecule has 3 N–H and O–H groups in total. The second-order valence-corrected chi connectivity index (χ2v) is 5.93. The molecular formula is C16H13FN4O2S. The molecule has 0 bridgehead atoms. The molecular weight excluding hydrogens is 331 g/mol. The molecule has 3 rings (SSSR count). The van der Waals surface area contributed by atoms with Gasteiger partial charge in [-0.2, -0.15) is 5.10 Å². The molecule has 1 aromatic carbocycles. The van der Waals surface area contributed by atoms with Crippen LogP contribution in [0.15, 0.2) is 52.6 Å². The molecule has 1 amide bonds. The monoisotopic (exact) mass is 344 g/mol. The number of carbonyl (C=O) groups excluding carboxylic acids is 1. The van der Waals surface area contributed by atoms with E-state index in [1.54, 1.807) is 6.07 Å². The number of hydrogen-bond donors (Lipinski definition) is 2. The van der Waals surface area contributed by atoms with Crippen molar-refractivity contribution in [1.82, 2.24) is 9.78 Å². The van der Waals surface area contributed by atoms with Crippen molar-refractivity contribution in [1.29, 1.82) is 0 Å². The number of nitrogens with zero attached hydrogens (tertiary/aromatic N) is 2. The normalized spacial score (nSPS) is 10.5. The molecule has 122 valence electrons. The molecule has 2 heterocycles. The summed E-state index contributed by atoms with van der Waals surface area (Å²) < 4.78 is 14.1. The summed E-state index contributed by atoms with van der Waals surface area (Å²) in [5.41, 5.74) is 6.00. The first-order valence-electron chi connectivity index (χ1n) is 7.00. The van der Waals surface area contributed by atoms with Gasteiger partial charge in [0.05, 0.1) is 4.88 Å². The minimum atomic E-state index is -0.551. The van der Waals surface area contributed by atoms with Crippen LogP contribution in [0.2, 0.25) is 0 Å². The van der Waals surface area contributed by atoms with Crippen LogP contribution in [-0.2, 0) is 11.3 Å². The fourth-order valence-electron chi connectivity index (χ4n) is 2.12. The van der Waals surface area contributed by atoms with Crippen LogP contribution in [0.25, 0.3) is 10.6 Å². The van der Waals surface area contributed by atoms with Gasteiger partial charge in [0, 0.05) is 5.69 Å². The van der Waals surface area contributed by atoms with Crippen LogP contribution in [0.1, 0.15) is 0 Å². The van der Waals surface area contributed by atoms with Crippen molar-refractivity contribution < 1.29 is 9.18 Å². The number of nitrogen functional groups attached to an aromatic ring is 1. The van der Waals surface area contributed by atoms with Crippen molar-refractivity contribution in [3.05, 3.63) is 64.0 Å². The molecule has 0 fully saturated rings. The third-order valence-electron chi connectivity index (χ3n) is 3.18. The number of nitrogens with two attached hydrogens (primary N) is 1. The first kappa shape index (κ1) is 15.9. The number of nitrogens with one attached hydrogen (secondary N) is 1. The first-order chi connectivity index (χ1) is 11.5. The van der Waals surface area contributed by atoms with Crippen LogP contribution in [0.3, 0.4) is 0 Å². The van der Waals surface area contributed by atoms with E-state index in [1.165, 1.54) is 35.6 Å². The number of aromatic nitrogens is 2. The Morgan fingerprint density at radius 3 is 2.83 bits per heavy atom. The van der Waals surface area contributed by atoms with Crippen LogP contribution < -0.4 is 16.6 Å². The number of rotatable bonds is 4. The maximum absolute atomic E-state index is 13.1. The fraction of sp³-hybridized carbons (Fsp3) is 0.0625. The first-order valence-corrected chi connectivity index (χ1v) is 7.88. The summed E-state index contributed by atoms with van der Waals surface area (Å²) in [4.78, 5) is 25.0. The molecule has 0 spiro atoms. The zero-order chi connectivity index (χ0) is 17.1. The van der Waals surface area contributed by atoms with Gasteiger partial charge in [0.1, 0.15) is 23.7 Å². The van der Waals surface area contributed by atoms with E-state index >= 15 is 0 Å². The van der Waals surface area contributed by atoms with Crippen molar-refractivity contribution >= 4 is 28.6 Å². The van der Waals surface area contributed by atoms with E-state index < -0.39 is 17.3 Å². The molecule has 0 saturated carbocycles. The van der Waals surface area contributed by atoms with Gasteiger partial charge in [0.25, 0.3) is 5.56 Å². The lowest BCUT2D eigenvalue weighted by molar-refractivity contribution is -0.117. The Kier molecular flexibility index (Phi) is 4.39. The lowest BCUT2D eigenvalue weighted by atomic mass is 10.3. The molecule has 0 saturated heterocycles. The zero-order valence-corrected chi connectivity index (χ0v) is 13.2. The van der Waals surface area contributed by atoms with Gasteiger partial charge < -0.3 is 11.1 Å². The van der Waals surface area contributed by atoms with Gasteiger partial charge in [-0.05, 0) is 35.7 Å². The lowest BCUT2D eigenvalue weighted by Crippen LogP contribution is -2.31. The topological polar surface area (TPSA) is 90.0 Å². The molecule has 3 aromatic rings. The molecule has 24 heavy (non-hydrogen) atoms. The standard InChI is InChI=1S/C16H13FN4O2S/c17-10-3-1-4-11(7-10)19-15(22)9-21-16(23)12(18)8-13(20-21)14-5-2-6-24-14/h1-8H,9,18H2,(H,19,22). The predicted octanol–water partition coefficient (Wildman–Crippen LogP) is 2.33. The summed E-state index contributed by atoms with van der Waals surface area (Å²) in [5.74, 6) is -0.968. The average Bonchev–Trinajstić information content (AvgIpc) is 3.06. The van der Waals surface area contributed by atoms with E-state index in [4.69, 9.17) is 5.73 Å². The highest BCUT2D eigenvalue weighted by Crippen LogP contribution is 2.22. The summed E-state index contributed by atoms with van der Waals surface area (Å²) in [6.07, 6.45) is 0. The van der Waals surface area contributed by atoms with Crippen LogP contribution in [0.4, 0.5) is 15.8 Å². The van der Waals surface area contributed by atoms with Gasteiger partial charge in [0.15, 0.2) is 0 Å². The van der Waals surface area contributed by atoms with E-state index in [2.05, 4.69) is 10.4 Å². The van der Waals surface area contributed by atoms with Gasteiger partial charge in [-0.25, -0.2) is 9.07 Å². The Hall–Kier alpha value is -3.00. The molecule has 6 nitrogen and oxygen atoms in total. The average molecular weight is 344 g/mol. The quantitative estimate of drug-likeness (QED) is 0.760. The second-order valence-electron chi connectivity index (χ2n) is 4.98. The smallest absolute Gasteiger partial charge is 0.290 e. The number of amides is 1. The zero-order valence-electron chi connectivity index (χ0n) is 12.4. The second kappa shape index (κ2) is 6.63. The van der Waals surface area contributed by atoms with Crippen LogP contribution in [0, 0.1) is 5.82 Å². The molecule has 0 atom stereocenters. The number of benzene rings is 1. The summed E-state index contributed by atoms with van der Waals surface area (Å²) >= 11 is 1.45. The van der Waals surface area contributed by atoms with E-state index in [0.717, 1.165) is 9.56 Å². The highest BCUT2D eigenvalue weighted by atomic mass is 32.1. The van der Waals surface area contributed by atoms with Gasteiger partial charge in [-0.1, -0.05) is 12.1 Å². The maximum atomic E-state index is 13.1. The molecule has 0 aliphatic carbocycles.